The number of hydrogen-bond donors (Lipinski definition) is 0. The van der Waals surface area contributed by atoms with Crippen LogP contribution in [0.2, 0.25) is 0 Å². The van der Waals surface area contributed by atoms with Crippen molar-refractivity contribution in [2.45, 2.75) is 11.8 Å². The van der Waals surface area contributed by atoms with E-state index in [2.05, 4.69) is 15.9 Å². The molecular weight excluding hydrogens is 372 g/mol. The Morgan fingerprint density at radius 1 is 0.909 bits per heavy atom. The Bertz CT molecular complexity index is 787. The van der Waals surface area contributed by atoms with E-state index in [0.717, 1.165) is 5.56 Å². The molecule has 0 aromatic heterocycles. The zero-order valence-electron chi connectivity index (χ0n) is 12.3. The Balaban J connectivity index is 2.38. The maximum atomic E-state index is 12.4. The molecule has 2 rings (SSSR count). The molecule has 2 aromatic rings. The van der Waals surface area contributed by atoms with Crippen LogP contribution in [0.5, 0.6) is 17.2 Å². The van der Waals surface area contributed by atoms with E-state index in [1.807, 2.05) is 6.92 Å². The molecule has 0 amide bonds. The van der Waals surface area contributed by atoms with Crippen LogP contribution in [-0.2, 0) is 10.1 Å². The highest BCUT2D eigenvalue weighted by molar-refractivity contribution is 9.10. The third-order valence-corrected chi connectivity index (χ3v) is 4.78. The predicted octanol–water partition coefficient (Wildman–Crippen LogP) is 3.54. The van der Waals surface area contributed by atoms with Crippen LogP contribution >= 0.6 is 15.9 Å². The van der Waals surface area contributed by atoms with Crippen molar-refractivity contribution in [1.82, 2.24) is 0 Å². The number of benzene rings is 2. The van der Waals surface area contributed by atoms with E-state index in [1.165, 1.54) is 26.4 Å². The minimum Gasteiger partial charge on any atom is -0.496 e. The number of methoxy groups -OCH3 is 2. The second-order valence-corrected chi connectivity index (χ2v) is 6.89. The second kappa shape index (κ2) is 6.58. The van der Waals surface area contributed by atoms with Crippen LogP contribution in [0.3, 0.4) is 0 Å². The fraction of sp³-hybridized carbons (Fsp3) is 0.200. The molecule has 118 valence electrons. The molecule has 0 unspecified atom stereocenters. The fourth-order valence-corrected chi connectivity index (χ4v) is 3.47. The summed E-state index contributed by atoms with van der Waals surface area (Å²) in [5.74, 6) is 1.03. The molecule has 0 saturated heterocycles. The number of ether oxygens (including phenoxy) is 2. The summed E-state index contributed by atoms with van der Waals surface area (Å²) < 4.78 is 40.7. The monoisotopic (exact) mass is 386 g/mol. The molecule has 0 radical (unpaired) electrons. The molecule has 0 N–H and O–H groups in total. The van der Waals surface area contributed by atoms with Gasteiger partial charge in [-0.1, -0.05) is 6.07 Å². The van der Waals surface area contributed by atoms with Crippen LogP contribution in [0.25, 0.3) is 0 Å². The minimum atomic E-state index is -3.97. The van der Waals surface area contributed by atoms with Crippen molar-refractivity contribution in [2.75, 3.05) is 14.2 Å². The molecule has 0 saturated carbocycles. The Labute approximate surface area is 138 Å². The lowest BCUT2D eigenvalue weighted by atomic mass is 10.2. The Kier molecular flexibility index (Phi) is 4.97. The maximum absolute atomic E-state index is 12.4. The summed E-state index contributed by atoms with van der Waals surface area (Å²) in [5.41, 5.74) is 0.939. The standard InChI is InChI=1S/C15H15BrO5S/c1-10-4-6-14(15(8-10)20-3)21-22(17,18)11-5-7-13(19-2)12(16)9-11/h4-9H,1-3H3. The van der Waals surface area contributed by atoms with Crippen molar-refractivity contribution >= 4 is 26.0 Å². The van der Waals surface area contributed by atoms with Gasteiger partial charge in [-0.05, 0) is 58.7 Å². The van der Waals surface area contributed by atoms with Gasteiger partial charge in [-0.25, -0.2) is 0 Å². The number of halogens is 1. The molecule has 0 aliphatic rings. The van der Waals surface area contributed by atoms with E-state index in [1.54, 1.807) is 24.3 Å². The first-order chi connectivity index (χ1) is 10.4. The van der Waals surface area contributed by atoms with Crippen LogP contribution in [-0.4, -0.2) is 22.6 Å². The first-order valence-corrected chi connectivity index (χ1v) is 8.50. The van der Waals surface area contributed by atoms with E-state index >= 15 is 0 Å². The topological polar surface area (TPSA) is 61.8 Å². The summed E-state index contributed by atoms with van der Waals surface area (Å²) in [5, 5.41) is 0. The molecule has 0 bridgehead atoms. The second-order valence-electron chi connectivity index (χ2n) is 4.49. The molecule has 0 aliphatic carbocycles. The Hall–Kier alpha value is -1.73. The number of rotatable bonds is 5. The van der Waals surface area contributed by atoms with E-state index in [9.17, 15) is 8.42 Å². The fourth-order valence-electron chi connectivity index (χ4n) is 1.81. The quantitative estimate of drug-likeness (QED) is 0.735. The maximum Gasteiger partial charge on any atom is 0.339 e. The molecule has 7 heteroatoms. The van der Waals surface area contributed by atoms with E-state index in [4.69, 9.17) is 13.7 Å². The largest absolute Gasteiger partial charge is 0.496 e. The van der Waals surface area contributed by atoms with E-state index in [-0.39, 0.29) is 10.6 Å². The first-order valence-electron chi connectivity index (χ1n) is 6.30. The van der Waals surface area contributed by atoms with Crippen molar-refractivity contribution in [3.05, 3.63) is 46.4 Å². The summed E-state index contributed by atoms with van der Waals surface area (Å²) in [6.45, 7) is 1.88. The highest BCUT2D eigenvalue weighted by atomic mass is 79.9. The zero-order chi connectivity index (χ0) is 16.3. The summed E-state index contributed by atoms with van der Waals surface area (Å²) in [6, 6.07) is 9.40. The molecule has 0 heterocycles. The van der Waals surface area contributed by atoms with Gasteiger partial charge in [-0.2, -0.15) is 8.42 Å². The minimum absolute atomic E-state index is 0.0165. The van der Waals surface area contributed by atoms with Crippen molar-refractivity contribution in [3.63, 3.8) is 0 Å². The van der Waals surface area contributed by atoms with Crippen LogP contribution in [0.15, 0.2) is 45.8 Å². The zero-order valence-corrected chi connectivity index (χ0v) is 14.7. The van der Waals surface area contributed by atoms with Crippen molar-refractivity contribution in [3.8, 4) is 17.2 Å². The van der Waals surface area contributed by atoms with Gasteiger partial charge < -0.3 is 13.7 Å². The van der Waals surface area contributed by atoms with Crippen molar-refractivity contribution in [1.29, 1.82) is 0 Å². The van der Waals surface area contributed by atoms with Gasteiger partial charge >= 0.3 is 10.1 Å². The predicted molar refractivity (Wildman–Crippen MR) is 86.2 cm³/mol. The average molecular weight is 387 g/mol. The van der Waals surface area contributed by atoms with Crippen LogP contribution in [0.1, 0.15) is 5.56 Å². The van der Waals surface area contributed by atoms with Crippen LogP contribution in [0, 0.1) is 6.92 Å². The molecular formula is C15H15BrO5S. The lowest BCUT2D eigenvalue weighted by Crippen LogP contribution is -2.10. The van der Waals surface area contributed by atoms with Gasteiger partial charge in [0.1, 0.15) is 10.6 Å². The van der Waals surface area contributed by atoms with Gasteiger partial charge in [0, 0.05) is 0 Å². The Morgan fingerprint density at radius 2 is 1.55 bits per heavy atom. The van der Waals surface area contributed by atoms with Gasteiger partial charge in [0.25, 0.3) is 0 Å². The van der Waals surface area contributed by atoms with Gasteiger partial charge in [-0.3, -0.25) is 0 Å². The third kappa shape index (κ3) is 3.53. The highest BCUT2D eigenvalue weighted by Crippen LogP contribution is 2.32. The summed E-state index contributed by atoms with van der Waals surface area (Å²) in [4.78, 5) is 0.0165. The smallest absolute Gasteiger partial charge is 0.339 e. The SMILES string of the molecule is COc1ccc(S(=O)(=O)Oc2ccc(C)cc2OC)cc1Br. The highest BCUT2D eigenvalue weighted by Gasteiger charge is 2.20. The van der Waals surface area contributed by atoms with E-state index in [0.29, 0.717) is 16.0 Å². The summed E-state index contributed by atoms with van der Waals surface area (Å²) in [6.07, 6.45) is 0. The van der Waals surface area contributed by atoms with Crippen LogP contribution < -0.4 is 13.7 Å². The average Bonchev–Trinajstić information content (AvgIpc) is 2.48. The molecule has 22 heavy (non-hydrogen) atoms. The Morgan fingerprint density at radius 3 is 2.14 bits per heavy atom. The lowest BCUT2D eigenvalue weighted by Gasteiger charge is -2.12. The van der Waals surface area contributed by atoms with Gasteiger partial charge in [0.15, 0.2) is 11.5 Å². The van der Waals surface area contributed by atoms with Gasteiger partial charge in [0.05, 0.1) is 18.7 Å². The molecule has 5 nitrogen and oxygen atoms in total. The molecule has 0 spiro atoms. The molecule has 0 atom stereocenters. The van der Waals surface area contributed by atoms with Crippen molar-refractivity contribution in [2.24, 2.45) is 0 Å². The lowest BCUT2D eigenvalue weighted by molar-refractivity contribution is 0.390. The first kappa shape index (κ1) is 16.6. The summed E-state index contributed by atoms with van der Waals surface area (Å²) >= 11 is 3.25. The number of aryl methyl sites for hydroxylation is 1. The normalized spacial score (nSPS) is 11.1. The number of hydrogen-bond acceptors (Lipinski definition) is 5. The van der Waals surface area contributed by atoms with E-state index < -0.39 is 10.1 Å². The molecule has 0 fully saturated rings. The molecule has 0 aliphatic heterocycles. The van der Waals surface area contributed by atoms with Gasteiger partial charge in [-0.15, -0.1) is 0 Å². The third-order valence-electron chi connectivity index (χ3n) is 2.93. The van der Waals surface area contributed by atoms with Gasteiger partial charge in [0.2, 0.25) is 0 Å². The summed E-state index contributed by atoms with van der Waals surface area (Å²) in [7, 11) is -1.01. The molecule has 2 aromatic carbocycles. The van der Waals surface area contributed by atoms with Crippen LogP contribution in [0.4, 0.5) is 0 Å². The van der Waals surface area contributed by atoms with Crippen molar-refractivity contribution < 1.29 is 22.1 Å².